The zero-order valence-corrected chi connectivity index (χ0v) is 13.5. The molecule has 21 heavy (non-hydrogen) atoms. The van der Waals surface area contributed by atoms with Crippen LogP contribution in [-0.4, -0.2) is 19.1 Å². The lowest BCUT2D eigenvalue weighted by Crippen LogP contribution is -2.38. The van der Waals surface area contributed by atoms with E-state index in [-0.39, 0.29) is 36.3 Å². The first-order valence-electron chi connectivity index (χ1n) is 7.30. The van der Waals surface area contributed by atoms with Crippen molar-refractivity contribution in [3.05, 3.63) is 29.8 Å². The summed E-state index contributed by atoms with van der Waals surface area (Å²) >= 11 is 0. The number of nitrogens with two attached hydrogens (primary N) is 1. The predicted octanol–water partition coefficient (Wildman–Crippen LogP) is 2.81. The Morgan fingerprint density at radius 2 is 2.19 bits per heavy atom. The van der Waals surface area contributed by atoms with E-state index in [0.29, 0.717) is 0 Å². The standard InChI is InChI=1S/C16H24N2O2.ClH/c1-11(12-5-4-8-15(10-12)20-2)18-16(19)13-6-3-7-14(17)9-13;/h4-5,8,10-11,13-14H,3,6-7,9,17H2,1-2H3,(H,18,19);1H. The molecule has 1 aliphatic carbocycles. The molecule has 3 unspecified atom stereocenters. The van der Waals surface area contributed by atoms with Crippen LogP contribution in [0.4, 0.5) is 0 Å². The smallest absolute Gasteiger partial charge is 0.223 e. The monoisotopic (exact) mass is 312 g/mol. The van der Waals surface area contributed by atoms with E-state index in [9.17, 15) is 4.79 Å². The first-order chi connectivity index (χ1) is 9.60. The van der Waals surface area contributed by atoms with E-state index in [2.05, 4.69) is 5.32 Å². The molecule has 3 N–H and O–H groups in total. The summed E-state index contributed by atoms with van der Waals surface area (Å²) in [4.78, 5) is 12.3. The minimum atomic E-state index is -0.0178. The number of nitrogens with one attached hydrogen (secondary N) is 1. The van der Waals surface area contributed by atoms with E-state index in [1.807, 2.05) is 31.2 Å². The van der Waals surface area contributed by atoms with Gasteiger partial charge in [-0.1, -0.05) is 18.6 Å². The molecule has 1 aliphatic rings. The molecule has 4 nitrogen and oxygen atoms in total. The molecule has 1 aromatic rings. The Labute approximate surface area is 132 Å². The van der Waals surface area contributed by atoms with Gasteiger partial charge in [-0.15, -0.1) is 12.4 Å². The summed E-state index contributed by atoms with van der Waals surface area (Å²) in [5.41, 5.74) is 7.00. The molecular weight excluding hydrogens is 288 g/mol. The van der Waals surface area contributed by atoms with Crippen molar-refractivity contribution in [3.63, 3.8) is 0 Å². The molecular formula is C16H25ClN2O2. The molecule has 0 spiro atoms. The maximum atomic E-state index is 12.3. The molecule has 0 bridgehead atoms. The number of hydrogen-bond acceptors (Lipinski definition) is 3. The van der Waals surface area contributed by atoms with Gasteiger partial charge in [-0.25, -0.2) is 0 Å². The third-order valence-electron chi connectivity index (χ3n) is 4.04. The molecule has 0 heterocycles. The Bertz CT molecular complexity index is 467. The zero-order valence-electron chi connectivity index (χ0n) is 12.7. The van der Waals surface area contributed by atoms with Gasteiger partial charge >= 0.3 is 0 Å². The van der Waals surface area contributed by atoms with Gasteiger partial charge in [0.2, 0.25) is 5.91 Å². The van der Waals surface area contributed by atoms with Gasteiger partial charge in [0, 0.05) is 12.0 Å². The van der Waals surface area contributed by atoms with Crippen molar-refractivity contribution in [1.82, 2.24) is 5.32 Å². The Morgan fingerprint density at radius 3 is 2.86 bits per heavy atom. The van der Waals surface area contributed by atoms with Crippen molar-refractivity contribution in [1.29, 1.82) is 0 Å². The normalized spacial score (nSPS) is 22.8. The van der Waals surface area contributed by atoms with Crippen molar-refractivity contribution in [3.8, 4) is 5.75 Å². The summed E-state index contributed by atoms with van der Waals surface area (Å²) in [6.45, 7) is 2.00. The van der Waals surface area contributed by atoms with Gasteiger partial charge in [0.05, 0.1) is 13.2 Å². The maximum Gasteiger partial charge on any atom is 0.223 e. The number of amides is 1. The fourth-order valence-corrected chi connectivity index (χ4v) is 2.79. The number of ether oxygens (including phenoxy) is 1. The number of carbonyl (C=O) groups excluding carboxylic acids is 1. The van der Waals surface area contributed by atoms with E-state index in [1.54, 1.807) is 7.11 Å². The van der Waals surface area contributed by atoms with Gasteiger partial charge in [-0.2, -0.15) is 0 Å². The SMILES string of the molecule is COc1cccc(C(C)NC(=O)C2CCCC(N)C2)c1.Cl. The topological polar surface area (TPSA) is 64.3 Å². The molecule has 0 aromatic heterocycles. The molecule has 1 fully saturated rings. The summed E-state index contributed by atoms with van der Waals surface area (Å²) in [5.74, 6) is 0.991. The van der Waals surface area contributed by atoms with E-state index in [4.69, 9.17) is 10.5 Å². The van der Waals surface area contributed by atoms with E-state index < -0.39 is 0 Å². The lowest BCUT2D eigenvalue weighted by Gasteiger charge is -2.27. The molecule has 5 heteroatoms. The van der Waals surface area contributed by atoms with Crippen LogP contribution < -0.4 is 15.8 Å². The quantitative estimate of drug-likeness (QED) is 0.898. The average molecular weight is 313 g/mol. The highest BCUT2D eigenvalue weighted by molar-refractivity contribution is 5.85. The fraction of sp³-hybridized carbons (Fsp3) is 0.562. The summed E-state index contributed by atoms with van der Waals surface area (Å²) < 4.78 is 5.21. The van der Waals surface area contributed by atoms with Gasteiger partial charge < -0.3 is 15.8 Å². The van der Waals surface area contributed by atoms with Crippen molar-refractivity contribution in [2.75, 3.05) is 7.11 Å². The largest absolute Gasteiger partial charge is 0.497 e. The number of methoxy groups -OCH3 is 1. The van der Waals surface area contributed by atoms with Crippen LogP contribution in [0.5, 0.6) is 5.75 Å². The lowest BCUT2D eigenvalue weighted by atomic mass is 9.85. The second-order valence-corrected chi connectivity index (χ2v) is 5.63. The van der Waals surface area contributed by atoms with E-state index >= 15 is 0 Å². The van der Waals surface area contributed by atoms with Crippen molar-refractivity contribution in [2.24, 2.45) is 11.7 Å². The first-order valence-corrected chi connectivity index (χ1v) is 7.30. The fourth-order valence-electron chi connectivity index (χ4n) is 2.79. The third kappa shape index (κ3) is 4.90. The molecule has 1 aromatic carbocycles. The van der Waals surface area contributed by atoms with Crippen LogP contribution in [0.15, 0.2) is 24.3 Å². The van der Waals surface area contributed by atoms with Crippen LogP contribution in [0, 0.1) is 5.92 Å². The number of benzene rings is 1. The molecule has 118 valence electrons. The second-order valence-electron chi connectivity index (χ2n) is 5.63. The highest BCUT2D eigenvalue weighted by Gasteiger charge is 2.26. The second kappa shape index (κ2) is 8.25. The summed E-state index contributed by atoms with van der Waals surface area (Å²) in [6.07, 6.45) is 3.84. The van der Waals surface area contributed by atoms with Gasteiger partial charge in [0.1, 0.15) is 5.75 Å². The van der Waals surface area contributed by atoms with E-state index in [0.717, 1.165) is 37.0 Å². The maximum absolute atomic E-state index is 12.3. The predicted molar refractivity (Wildman–Crippen MR) is 86.7 cm³/mol. The molecule has 1 saturated carbocycles. The molecule has 2 rings (SSSR count). The van der Waals surface area contributed by atoms with Crippen molar-refractivity contribution >= 4 is 18.3 Å². The minimum Gasteiger partial charge on any atom is -0.497 e. The van der Waals surface area contributed by atoms with Crippen LogP contribution in [0.3, 0.4) is 0 Å². The summed E-state index contributed by atoms with van der Waals surface area (Å²) in [5, 5.41) is 3.09. The Kier molecular flexibility index (Phi) is 6.99. The Morgan fingerprint density at radius 1 is 1.43 bits per heavy atom. The minimum absolute atomic E-state index is 0. The first kappa shape index (κ1) is 17.8. The number of rotatable bonds is 4. The third-order valence-corrected chi connectivity index (χ3v) is 4.04. The molecule has 3 atom stereocenters. The van der Waals surface area contributed by atoms with Crippen LogP contribution in [0.25, 0.3) is 0 Å². The average Bonchev–Trinajstić information content (AvgIpc) is 2.47. The summed E-state index contributed by atoms with van der Waals surface area (Å²) in [7, 11) is 1.64. The summed E-state index contributed by atoms with van der Waals surface area (Å²) in [6, 6.07) is 7.95. The molecule has 0 aliphatic heterocycles. The lowest BCUT2D eigenvalue weighted by molar-refractivity contribution is -0.126. The molecule has 0 saturated heterocycles. The molecule has 1 amide bonds. The number of halogens is 1. The van der Waals surface area contributed by atoms with E-state index in [1.165, 1.54) is 0 Å². The van der Waals surface area contributed by atoms with Gasteiger partial charge in [0.15, 0.2) is 0 Å². The van der Waals surface area contributed by atoms with Crippen LogP contribution in [-0.2, 0) is 4.79 Å². The molecule has 0 radical (unpaired) electrons. The van der Waals surface area contributed by atoms with Crippen molar-refractivity contribution < 1.29 is 9.53 Å². The van der Waals surface area contributed by atoms with Crippen LogP contribution >= 0.6 is 12.4 Å². The van der Waals surface area contributed by atoms with Gasteiger partial charge in [-0.05, 0) is 43.9 Å². The Hall–Kier alpha value is -1.26. The zero-order chi connectivity index (χ0) is 14.5. The number of carbonyl (C=O) groups is 1. The number of hydrogen-bond donors (Lipinski definition) is 2. The van der Waals surface area contributed by atoms with Gasteiger partial charge in [0.25, 0.3) is 0 Å². The highest BCUT2D eigenvalue weighted by atomic mass is 35.5. The highest BCUT2D eigenvalue weighted by Crippen LogP contribution is 2.25. The van der Waals surface area contributed by atoms with Crippen molar-refractivity contribution in [2.45, 2.75) is 44.7 Å². The van der Waals surface area contributed by atoms with Crippen LogP contribution in [0.1, 0.15) is 44.2 Å². The Balaban J connectivity index is 0.00000220. The van der Waals surface area contributed by atoms with Crippen LogP contribution in [0.2, 0.25) is 0 Å². The van der Waals surface area contributed by atoms with Gasteiger partial charge in [-0.3, -0.25) is 4.79 Å².